The van der Waals surface area contributed by atoms with Gasteiger partial charge in [-0.1, -0.05) is 0 Å². The summed E-state index contributed by atoms with van der Waals surface area (Å²) < 4.78 is 0.894. The highest BCUT2D eigenvalue weighted by molar-refractivity contribution is 9.10. The second-order valence-corrected chi connectivity index (χ2v) is 5.08. The van der Waals surface area contributed by atoms with Gasteiger partial charge in [0.2, 0.25) is 5.95 Å². The van der Waals surface area contributed by atoms with Crippen LogP contribution in [0.15, 0.2) is 15.7 Å². The number of rotatable bonds is 5. The predicted octanol–water partition coefficient (Wildman–Crippen LogP) is 1.18. The monoisotopic (exact) mass is 291 g/mol. The van der Waals surface area contributed by atoms with Crippen LogP contribution in [-0.2, 0) is 0 Å². The minimum absolute atomic E-state index is 0.436. The molecule has 0 aromatic carbocycles. The molecule has 1 aromatic heterocycles. The Morgan fingerprint density at radius 3 is 2.93 bits per heavy atom. The van der Waals surface area contributed by atoms with Gasteiger partial charge in [0.15, 0.2) is 0 Å². The van der Waals surface area contributed by atoms with Crippen molar-refractivity contribution < 1.29 is 0 Å². The van der Waals surface area contributed by atoms with E-state index in [-0.39, 0.29) is 0 Å². The second kappa shape index (κ2) is 6.26. The van der Waals surface area contributed by atoms with Crippen LogP contribution in [0.5, 0.6) is 0 Å². The van der Waals surface area contributed by atoms with E-state index in [0.29, 0.717) is 5.95 Å². The fourth-order valence-corrected chi connectivity index (χ4v) is 2.37. The fraction of sp³-hybridized carbons (Fsp3) is 0.500. The maximum Gasteiger partial charge on any atom is 0.238 e. The topological polar surface area (TPSA) is 67.1 Å². The summed E-state index contributed by atoms with van der Waals surface area (Å²) in [7, 11) is 4.09. The lowest BCUT2D eigenvalue weighted by atomic mass is 10.7. The van der Waals surface area contributed by atoms with Gasteiger partial charge in [0.05, 0.1) is 4.47 Å². The van der Waals surface area contributed by atoms with Gasteiger partial charge in [-0.05, 0) is 30.0 Å². The van der Waals surface area contributed by atoms with Crippen LogP contribution < -0.4 is 11.3 Å². The van der Waals surface area contributed by atoms with Gasteiger partial charge in [0.1, 0.15) is 5.03 Å². The molecule has 3 N–H and O–H groups in total. The minimum atomic E-state index is 0.436. The van der Waals surface area contributed by atoms with Crippen molar-refractivity contribution in [2.75, 3.05) is 31.8 Å². The molecule has 15 heavy (non-hydrogen) atoms. The summed E-state index contributed by atoms with van der Waals surface area (Å²) in [5.41, 5.74) is 2.43. The number of anilines is 1. The number of hydrazine groups is 1. The highest BCUT2D eigenvalue weighted by atomic mass is 79.9. The Labute approximate surface area is 102 Å². The largest absolute Gasteiger partial charge is 0.309 e. The zero-order valence-corrected chi connectivity index (χ0v) is 11.1. The average Bonchev–Trinajstić information content (AvgIpc) is 2.20. The van der Waals surface area contributed by atoms with E-state index in [1.54, 1.807) is 18.0 Å². The molecule has 0 saturated carbocycles. The van der Waals surface area contributed by atoms with E-state index in [1.807, 2.05) is 14.1 Å². The molecule has 0 unspecified atom stereocenters. The van der Waals surface area contributed by atoms with E-state index in [4.69, 9.17) is 5.84 Å². The lowest BCUT2D eigenvalue weighted by Gasteiger charge is -2.09. The maximum absolute atomic E-state index is 5.24. The van der Waals surface area contributed by atoms with Crippen LogP contribution in [0.4, 0.5) is 5.95 Å². The van der Waals surface area contributed by atoms with Crippen LogP contribution in [0.3, 0.4) is 0 Å². The quantitative estimate of drug-likeness (QED) is 0.368. The van der Waals surface area contributed by atoms with E-state index in [2.05, 4.69) is 36.2 Å². The Morgan fingerprint density at radius 1 is 1.60 bits per heavy atom. The molecule has 0 radical (unpaired) electrons. The number of nitrogens with two attached hydrogens (primary N) is 1. The first-order valence-electron chi connectivity index (χ1n) is 4.40. The smallest absolute Gasteiger partial charge is 0.238 e. The van der Waals surface area contributed by atoms with E-state index < -0.39 is 0 Å². The van der Waals surface area contributed by atoms with Crippen LogP contribution in [0, 0.1) is 0 Å². The molecular formula is C8H14BrN5S. The zero-order valence-electron chi connectivity index (χ0n) is 8.70. The summed E-state index contributed by atoms with van der Waals surface area (Å²) >= 11 is 5.07. The normalized spacial score (nSPS) is 10.7. The van der Waals surface area contributed by atoms with Gasteiger partial charge in [-0.2, -0.15) is 0 Å². The Balaban J connectivity index is 2.59. The average molecular weight is 292 g/mol. The zero-order chi connectivity index (χ0) is 11.3. The Bertz CT molecular complexity index is 320. The highest BCUT2D eigenvalue weighted by Crippen LogP contribution is 2.25. The van der Waals surface area contributed by atoms with Crippen LogP contribution in [0.2, 0.25) is 0 Å². The number of nitrogens with one attached hydrogen (secondary N) is 1. The molecule has 0 saturated heterocycles. The number of hydrogen-bond acceptors (Lipinski definition) is 6. The SMILES string of the molecule is CN(C)CCSc1nc(NN)ncc1Br. The van der Waals surface area contributed by atoms with Gasteiger partial charge in [0, 0.05) is 18.5 Å². The summed E-state index contributed by atoms with van der Waals surface area (Å²) in [6.45, 7) is 1.01. The summed E-state index contributed by atoms with van der Waals surface area (Å²) in [6, 6.07) is 0. The Morgan fingerprint density at radius 2 is 2.33 bits per heavy atom. The summed E-state index contributed by atoms with van der Waals surface area (Å²) in [5.74, 6) is 6.65. The fourth-order valence-electron chi connectivity index (χ4n) is 0.847. The first-order valence-corrected chi connectivity index (χ1v) is 6.18. The molecule has 84 valence electrons. The molecule has 0 fully saturated rings. The van der Waals surface area contributed by atoms with Crippen molar-refractivity contribution in [3.63, 3.8) is 0 Å². The van der Waals surface area contributed by atoms with Crippen molar-refractivity contribution in [2.45, 2.75) is 5.03 Å². The number of hydrogen-bond donors (Lipinski definition) is 2. The predicted molar refractivity (Wildman–Crippen MR) is 66.8 cm³/mol. The number of halogens is 1. The molecule has 1 aromatic rings. The lowest BCUT2D eigenvalue weighted by Crippen LogP contribution is -2.15. The van der Waals surface area contributed by atoms with Crippen LogP contribution in [-0.4, -0.2) is 41.3 Å². The van der Waals surface area contributed by atoms with Crippen molar-refractivity contribution in [1.29, 1.82) is 0 Å². The summed E-state index contributed by atoms with van der Waals surface area (Å²) in [6.07, 6.45) is 1.69. The molecule has 0 aliphatic heterocycles. The first-order chi connectivity index (χ1) is 7.13. The Hall–Kier alpha value is -0.370. The van der Waals surface area contributed by atoms with Crippen molar-refractivity contribution >= 4 is 33.6 Å². The molecule has 7 heteroatoms. The third kappa shape index (κ3) is 4.33. The number of aromatic nitrogens is 2. The van der Waals surface area contributed by atoms with Crippen molar-refractivity contribution in [3.8, 4) is 0 Å². The third-order valence-corrected chi connectivity index (χ3v) is 3.43. The number of nitrogen functional groups attached to an aromatic ring is 1. The van der Waals surface area contributed by atoms with Crippen molar-refractivity contribution in [2.24, 2.45) is 5.84 Å². The van der Waals surface area contributed by atoms with E-state index >= 15 is 0 Å². The molecule has 0 bridgehead atoms. The first kappa shape index (κ1) is 12.7. The van der Waals surface area contributed by atoms with E-state index in [9.17, 15) is 0 Å². The minimum Gasteiger partial charge on any atom is -0.309 e. The van der Waals surface area contributed by atoms with Gasteiger partial charge in [-0.3, -0.25) is 5.43 Å². The molecule has 1 heterocycles. The highest BCUT2D eigenvalue weighted by Gasteiger charge is 2.05. The van der Waals surface area contributed by atoms with Gasteiger partial charge in [-0.25, -0.2) is 15.8 Å². The van der Waals surface area contributed by atoms with E-state index in [0.717, 1.165) is 21.8 Å². The number of thioether (sulfide) groups is 1. The van der Waals surface area contributed by atoms with Gasteiger partial charge >= 0.3 is 0 Å². The Kier molecular flexibility index (Phi) is 5.30. The van der Waals surface area contributed by atoms with Gasteiger partial charge in [-0.15, -0.1) is 11.8 Å². The molecule has 0 atom stereocenters. The molecule has 0 aliphatic carbocycles. The van der Waals surface area contributed by atoms with Crippen molar-refractivity contribution in [1.82, 2.24) is 14.9 Å². The maximum atomic E-state index is 5.24. The molecule has 0 spiro atoms. The summed E-state index contributed by atoms with van der Waals surface area (Å²) in [5, 5.41) is 0.903. The third-order valence-electron chi connectivity index (χ3n) is 1.62. The number of nitrogens with zero attached hydrogens (tertiary/aromatic N) is 3. The lowest BCUT2D eigenvalue weighted by molar-refractivity contribution is 0.437. The molecule has 0 amide bonds. The van der Waals surface area contributed by atoms with Crippen LogP contribution >= 0.6 is 27.7 Å². The van der Waals surface area contributed by atoms with Gasteiger partial charge < -0.3 is 4.90 Å². The molecule has 1 rings (SSSR count). The second-order valence-electron chi connectivity index (χ2n) is 3.14. The van der Waals surface area contributed by atoms with Gasteiger partial charge in [0.25, 0.3) is 0 Å². The van der Waals surface area contributed by atoms with E-state index in [1.165, 1.54) is 0 Å². The standard InChI is InChI=1S/C8H14BrN5S/c1-14(2)3-4-15-7-6(9)5-11-8(12-7)13-10/h5H,3-4,10H2,1-2H3,(H,11,12,13). The van der Waals surface area contributed by atoms with Crippen LogP contribution in [0.1, 0.15) is 0 Å². The summed E-state index contributed by atoms with van der Waals surface area (Å²) in [4.78, 5) is 10.3. The molecular weight excluding hydrogens is 278 g/mol. The van der Waals surface area contributed by atoms with Crippen LogP contribution in [0.25, 0.3) is 0 Å². The molecule has 5 nitrogen and oxygen atoms in total. The van der Waals surface area contributed by atoms with Crippen molar-refractivity contribution in [3.05, 3.63) is 10.7 Å². The molecule has 0 aliphatic rings.